The van der Waals surface area contributed by atoms with Crippen molar-refractivity contribution in [2.24, 2.45) is 4.99 Å². The van der Waals surface area contributed by atoms with Gasteiger partial charge in [-0.2, -0.15) is 0 Å². The van der Waals surface area contributed by atoms with Gasteiger partial charge in [0.2, 0.25) is 0 Å². The molecule has 0 aliphatic heterocycles. The molecule has 1 aromatic carbocycles. The Labute approximate surface area is 185 Å². The van der Waals surface area contributed by atoms with Gasteiger partial charge in [0.15, 0.2) is 11.7 Å². The molecule has 1 heterocycles. The van der Waals surface area contributed by atoms with E-state index >= 15 is 0 Å². The molecule has 0 bridgehead atoms. The van der Waals surface area contributed by atoms with Crippen LogP contribution in [-0.4, -0.2) is 30.8 Å². The highest BCUT2D eigenvalue weighted by molar-refractivity contribution is 14.0. The first-order valence-corrected chi connectivity index (χ1v) is 9.74. The number of aliphatic imine (C=N–C) groups is 1. The predicted molar refractivity (Wildman–Crippen MR) is 124 cm³/mol. The smallest absolute Gasteiger partial charge is 0.191 e. The van der Waals surface area contributed by atoms with Gasteiger partial charge in [-0.1, -0.05) is 49.3 Å². The van der Waals surface area contributed by atoms with Crippen LogP contribution in [0.3, 0.4) is 0 Å². The lowest BCUT2D eigenvalue weighted by atomic mass is 10.1. The summed E-state index contributed by atoms with van der Waals surface area (Å²) in [6.45, 7) is 11.1. The average Bonchev–Trinajstić information content (AvgIpc) is 3.15. The molecule has 0 aliphatic carbocycles. The lowest BCUT2D eigenvalue weighted by molar-refractivity contribution is 0.0646. The Bertz CT molecular complexity index is 689. The fourth-order valence-electron chi connectivity index (χ4n) is 2.53. The molecule has 1 aromatic heterocycles. The molecule has 0 saturated heterocycles. The Balaban J connectivity index is 0.00000392. The van der Waals surface area contributed by atoms with E-state index in [1.54, 1.807) is 0 Å². The minimum atomic E-state index is 0. The van der Waals surface area contributed by atoms with E-state index in [0.29, 0.717) is 19.1 Å². The van der Waals surface area contributed by atoms with E-state index < -0.39 is 0 Å². The number of guanidine groups is 1. The van der Waals surface area contributed by atoms with Gasteiger partial charge in [0, 0.05) is 25.8 Å². The van der Waals surface area contributed by atoms with E-state index in [1.165, 1.54) is 5.56 Å². The van der Waals surface area contributed by atoms with E-state index in [2.05, 4.69) is 53.7 Å². The van der Waals surface area contributed by atoms with Gasteiger partial charge in [-0.25, -0.2) is 4.99 Å². The van der Waals surface area contributed by atoms with Crippen molar-refractivity contribution in [1.29, 1.82) is 0 Å². The Morgan fingerprint density at radius 1 is 1.18 bits per heavy atom. The number of benzene rings is 1. The molecule has 0 aliphatic rings. The third-order valence-corrected chi connectivity index (χ3v) is 4.16. The zero-order valence-electron chi connectivity index (χ0n) is 17.3. The van der Waals surface area contributed by atoms with Crippen LogP contribution in [-0.2, 0) is 11.3 Å². The second-order valence-electron chi connectivity index (χ2n) is 6.77. The summed E-state index contributed by atoms with van der Waals surface area (Å²) in [7, 11) is 0. The van der Waals surface area contributed by atoms with Crippen molar-refractivity contribution in [2.45, 2.75) is 52.7 Å². The first-order chi connectivity index (χ1) is 13.1. The maximum Gasteiger partial charge on any atom is 0.191 e. The molecule has 0 fully saturated rings. The van der Waals surface area contributed by atoms with Crippen molar-refractivity contribution >= 4 is 29.9 Å². The summed E-state index contributed by atoms with van der Waals surface area (Å²) in [4.78, 5) is 4.56. The van der Waals surface area contributed by atoms with Crippen molar-refractivity contribution in [3.05, 3.63) is 53.4 Å². The first-order valence-electron chi connectivity index (χ1n) is 9.74. The number of hydrogen-bond acceptors (Lipinski definition) is 4. The zero-order valence-corrected chi connectivity index (χ0v) is 19.6. The van der Waals surface area contributed by atoms with Gasteiger partial charge < -0.3 is 19.9 Å². The topological polar surface area (TPSA) is 71.7 Å². The summed E-state index contributed by atoms with van der Waals surface area (Å²) in [5, 5.41) is 10.6. The zero-order chi connectivity index (χ0) is 19.5. The third-order valence-electron chi connectivity index (χ3n) is 4.16. The quantitative estimate of drug-likeness (QED) is 0.215. The molecule has 0 amide bonds. The van der Waals surface area contributed by atoms with Crippen LogP contribution in [0.2, 0.25) is 0 Å². The molecule has 156 valence electrons. The standard InChI is InChI=1S/C21H32N4O2.HI/c1-5-22-21(24-15-19-14-20(16(2)3)25-27-19)23-12-9-13-26-17(4)18-10-7-6-8-11-18;/h6-8,10-11,14,16-17H,5,9,12-13,15H2,1-4H3,(H2,22,23,24);1H. The lowest BCUT2D eigenvalue weighted by Gasteiger charge is -2.14. The molecule has 0 radical (unpaired) electrons. The minimum absolute atomic E-state index is 0. The summed E-state index contributed by atoms with van der Waals surface area (Å²) in [6.07, 6.45) is 1.01. The van der Waals surface area contributed by atoms with Gasteiger partial charge in [0.05, 0.1) is 11.8 Å². The van der Waals surface area contributed by atoms with Crippen LogP contribution in [0, 0.1) is 0 Å². The van der Waals surface area contributed by atoms with Crippen LogP contribution in [0.4, 0.5) is 0 Å². The van der Waals surface area contributed by atoms with Crippen molar-refractivity contribution in [3.63, 3.8) is 0 Å². The normalized spacial score (nSPS) is 12.5. The predicted octanol–water partition coefficient (Wildman–Crippen LogP) is 4.64. The van der Waals surface area contributed by atoms with Gasteiger partial charge >= 0.3 is 0 Å². The van der Waals surface area contributed by atoms with Gasteiger partial charge in [-0.05, 0) is 31.7 Å². The van der Waals surface area contributed by atoms with E-state index in [-0.39, 0.29) is 30.1 Å². The molecular weight excluding hydrogens is 467 g/mol. The van der Waals surface area contributed by atoms with Crippen molar-refractivity contribution in [2.75, 3.05) is 19.7 Å². The summed E-state index contributed by atoms with van der Waals surface area (Å²) in [5.74, 6) is 1.91. The van der Waals surface area contributed by atoms with Gasteiger partial charge in [0.1, 0.15) is 6.54 Å². The second-order valence-corrected chi connectivity index (χ2v) is 6.77. The van der Waals surface area contributed by atoms with Crippen molar-refractivity contribution in [1.82, 2.24) is 15.8 Å². The minimum Gasteiger partial charge on any atom is -0.374 e. The summed E-state index contributed by atoms with van der Waals surface area (Å²) >= 11 is 0. The van der Waals surface area contributed by atoms with Gasteiger partial charge in [-0.3, -0.25) is 0 Å². The SMILES string of the molecule is CCNC(=NCc1cc(C(C)C)no1)NCCCOC(C)c1ccccc1.I. The van der Waals surface area contributed by atoms with E-state index in [4.69, 9.17) is 9.26 Å². The average molecular weight is 500 g/mol. The number of rotatable bonds is 10. The third kappa shape index (κ3) is 8.60. The highest BCUT2D eigenvalue weighted by atomic mass is 127. The van der Waals surface area contributed by atoms with Crippen LogP contribution in [0.15, 0.2) is 45.9 Å². The van der Waals surface area contributed by atoms with Gasteiger partial charge in [-0.15, -0.1) is 24.0 Å². The number of nitrogens with one attached hydrogen (secondary N) is 2. The summed E-state index contributed by atoms with van der Waals surface area (Å²) < 4.78 is 11.2. The van der Waals surface area contributed by atoms with Crippen LogP contribution >= 0.6 is 24.0 Å². The molecule has 1 unspecified atom stereocenters. The molecule has 2 N–H and O–H groups in total. The maximum atomic E-state index is 5.90. The second kappa shape index (κ2) is 13.5. The Morgan fingerprint density at radius 3 is 2.57 bits per heavy atom. The first kappa shape index (κ1) is 24.4. The van der Waals surface area contributed by atoms with Crippen molar-refractivity contribution in [3.8, 4) is 0 Å². The van der Waals surface area contributed by atoms with Crippen LogP contribution in [0.1, 0.15) is 63.2 Å². The largest absolute Gasteiger partial charge is 0.374 e. The highest BCUT2D eigenvalue weighted by Crippen LogP contribution is 2.16. The van der Waals surface area contributed by atoms with Crippen LogP contribution in [0.25, 0.3) is 0 Å². The molecule has 6 nitrogen and oxygen atoms in total. The molecular formula is C21H33IN4O2. The molecule has 7 heteroatoms. The van der Waals surface area contributed by atoms with E-state index in [9.17, 15) is 0 Å². The number of hydrogen-bond donors (Lipinski definition) is 2. The van der Waals surface area contributed by atoms with E-state index in [1.807, 2.05) is 31.2 Å². The summed E-state index contributed by atoms with van der Waals surface area (Å²) in [6, 6.07) is 12.2. The Morgan fingerprint density at radius 2 is 1.93 bits per heavy atom. The fraction of sp³-hybridized carbons (Fsp3) is 0.524. The highest BCUT2D eigenvalue weighted by Gasteiger charge is 2.08. The summed E-state index contributed by atoms with van der Waals surface area (Å²) in [5.41, 5.74) is 2.16. The van der Waals surface area contributed by atoms with Crippen LogP contribution in [0.5, 0.6) is 0 Å². The lowest BCUT2D eigenvalue weighted by Crippen LogP contribution is -2.38. The Hall–Kier alpha value is -1.61. The molecule has 1 atom stereocenters. The fourth-order valence-corrected chi connectivity index (χ4v) is 2.53. The number of nitrogens with zero attached hydrogens (tertiary/aromatic N) is 2. The van der Waals surface area contributed by atoms with Gasteiger partial charge in [0.25, 0.3) is 0 Å². The monoisotopic (exact) mass is 500 g/mol. The van der Waals surface area contributed by atoms with Crippen LogP contribution < -0.4 is 10.6 Å². The number of halogens is 1. The molecule has 0 spiro atoms. The molecule has 28 heavy (non-hydrogen) atoms. The molecule has 2 aromatic rings. The molecule has 2 rings (SSSR count). The molecule has 0 saturated carbocycles. The van der Waals surface area contributed by atoms with Crippen molar-refractivity contribution < 1.29 is 9.26 Å². The number of aromatic nitrogens is 1. The number of ether oxygens (including phenoxy) is 1. The van der Waals surface area contributed by atoms with E-state index in [0.717, 1.165) is 36.9 Å². The Kier molecular flexibility index (Phi) is 11.8. The maximum absolute atomic E-state index is 5.90.